The van der Waals surface area contributed by atoms with Gasteiger partial charge in [0, 0.05) is 37.3 Å². The molecular weight excluding hydrogens is 244 g/mol. The van der Waals surface area contributed by atoms with Crippen LogP contribution in [0.15, 0.2) is 29.4 Å². The third-order valence-corrected chi connectivity index (χ3v) is 3.30. The molecule has 102 valence electrons. The van der Waals surface area contributed by atoms with Gasteiger partial charge in [0.25, 0.3) is 5.91 Å². The van der Waals surface area contributed by atoms with Gasteiger partial charge in [-0.25, -0.2) is 0 Å². The number of carbonyl (C=O) groups is 1. The van der Waals surface area contributed by atoms with Crippen molar-refractivity contribution in [2.24, 2.45) is 10.9 Å². The molecule has 6 heteroatoms. The first kappa shape index (κ1) is 13.4. The number of rotatable bonds is 2. The summed E-state index contributed by atoms with van der Waals surface area (Å²) in [6, 6.07) is 6.83. The van der Waals surface area contributed by atoms with Crippen LogP contribution in [-0.4, -0.2) is 60.0 Å². The molecule has 1 fully saturated rings. The minimum Gasteiger partial charge on any atom is -0.409 e. The Hall–Kier alpha value is -2.08. The van der Waals surface area contributed by atoms with Gasteiger partial charge in [-0.1, -0.05) is 17.3 Å². The van der Waals surface area contributed by atoms with E-state index in [2.05, 4.69) is 10.1 Å². The normalized spacial score (nSPS) is 17.5. The van der Waals surface area contributed by atoms with Crippen molar-refractivity contribution >= 4 is 11.7 Å². The zero-order valence-corrected chi connectivity index (χ0v) is 10.9. The summed E-state index contributed by atoms with van der Waals surface area (Å²) in [7, 11) is 2.04. The number of piperazine rings is 1. The van der Waals surface area contributed by atoms with E-state index >= 15 is 0 Å². The van der Waals surface area contributed by atoms with Crippen LogP contribution in [0.25, 0.3) is 0 Å². The number of oxime groups is 1. The second-order valence-corrected chi connectivity index (χ2v) is 4.66. The molecule has 1 aliphatic heterocycles. The molecule has 19 heavy (non-hydrogen) atoms. The third-order valence-electron chi connectivity index (χ3n) is 3.30. The van der Waals surface area contributed by atoms with Gasteiger partial charge in [-0.15, -0.1) is 0 Å². The molecule has 1 heterocycles. The molecule has 0 atom stereocenters. The highest BCUT2D eigenvalue weighted by Gasteiger charge is 2.20. The molecule has 1 saturated heterocycles. The number of benzene rings is 1. The second kappa shape index (κ2) is 5.71. The van der Waals surface area contributed by atoms with E-state index in [0.29, 0.717) is 11.1 Å². The number of nitrogens with two attached hydrogens (primary N) is 1. The van der Waals surface area contributed by atoms with Crippen LogP contribution in [0, 0.1) is 0 Å². The molecule has 0 saturated carbocycles. The zero-order valence-electron chi connectivity index (χ0n) is 10.9. The molecule has 0 aromatic heterocycles. The van der Waals surface area contributed by atoms with Crippen LogP contribution in [0.4, 0.5) is 0 Å². The number of likely N-dealkylation sites (N-methyl/N-ethyl adjacent to an activating group) is 1. The van der Waals surface area contributed by atoms with Crippen LogP contribution in [0.2, 0.25) is 0 Å². The standard InChI is InChI=1S/C13H18N4O2/c1-16-5-7-17(8-6-16)13(18)11-4-2-3-10(9-11)12(14)15-19/h2-4,9,19H,5-8H2,1H3,(H2,14,15). The highest BCUT2D eigenvalue weighted by Crippen LogP contribution is 2.10. The first-order chi connectivity index (χ1) is 9.11. The fourth-order valence-electron chi connectivity index (χ4n) is 2.06. The summed E-state index contributed by atoms with van der Waals surface area (Å²) < 4.78 is 0. The van der Waals surface area contributed by atoms with Gasteiger partial charge in [-0.05, 0) is 19.2 Å². The summed E-state index contributed by atoms with van der Waals surface area (Å²) in [6.07, 6.45) is 0. The van der Waals surface area contributed by atoms with Crippen LogP contribution in [0.1, 0.15) is 15.9 Å². The Morgan fingerprint density at radius 1 is 1.26 bits per heavy atom. The number of amidine groups is 1. The number of hydrogen-bond donors (Lipinski definition) is 2. The Morgan fingerprint density at radius 3 is 2.53 bits per heavy atom. The van der Waals surface area contributed by atoms with Gasteiger partial charge in [-0.2, -0.15) is 0 Å². The average Bonchev–Trinajstić information content (AvgIpc) is 2.46. The Bertz CT molecular complexity index is 493. The molecular formula is C13H18N4O2. The summed E-state index contributed by atoms with van der Waals surface area (Å²) >= 11 is 0. The largest absolute Gasteiger partial charge is 0.409 e. The lowest BCUT2D eigenvalue weighted by molar-refractivity contribution is 0.0664. The van der Waals surface area contributed by atoms with Crippen molar-refractivity contribution in [1.82, 2.24) is 9.80 Å². The predicted octanol–water partition coefficient (Wildman–Crippen LogP) is 0.169. The van der Waals surface area contributed by atoms with Gasteiger partial charge >= 0.3 is 0 Å². The molecule has 0 unspecified atom stereocenters. The van der Waals surface area contributed by atoms with Crippen molar-refractivity contribution in [2.45, 2.75) is 0 Å². The Balaban J connectivity index is 2.15. The van der Waals surface area contributed by atoms with Gasteiger partial charge in [0.15, 0.2) is 5.84 Å². The monoisotopic (exact) mass is 262 g/mol. The van der Waals surface area contributed by atoms with E-state index in [4.69, 9.17) is 10.9 Å². The van der Waals surface area contributed by atoms with E-state index in [9.17, 15) is 4.79 Å². The van der Waals surface area contributed by atoms with Crippen LogP contribution >= 0.6 is 0 Å². The van der Waals surface area contributed by atoms with Crippen molar-refractivity contribution in [3.8, 4) is 0 Å². The number of amides is 1. The summed E-state index contributed by atoms with van der Waals surface area (Å²) in [4.78, 5) is 16.3. The SMILES string of the molecule is CN1CCN(C(=O)c2cccc(/C(N)=N/O)c2)CC1. The van der Waals surface area contributed by atoms with Gasteiger partial charge in [0.2, 0.25) is 0 Å². The van der Waals surface area contributed by atoms with Gasteiger partial charge in [0.1, 0.15) is 0 Å². The highest BCUT2D eigenvalue weighted by atomic mass is 16.4. The first-order valence-electron chi connectivity index (χ1n) is 6.17. The predicted molar refractivity (Wildman–Crippen MR) is 72.4 cm³/mol. The Labute approximate surface area is 112 Å². The van der Waals surface area contributed by atoms with E-state index in [1.807, 2.05) is 11.9 Å². The minimum absolute atomic E-state index is 0.00743. The van der Waals surface area contributed by atoms with Gasteiger partial charge in [0.05, 0.1) is 0 Å². The van der Waals surface area contributed by atoms with Crippen molar-refractivity contribution in [3.05, 3.63) is 35.4 Å². The van der Waals surface area contributed by atoms with E-state index in [1.165, 1.54) is 0 Å². The summed E-state index contributed by atoms with van der Waals surface area (Å²) in [5, 5.41) is 11.6. The van der Waals surface area contributed by atoms with Crippen molar-refractivity contribution < 1.29 is 10.0 Å². The molecule has 0 bridgehead atoms. The lowest BCUT2D eigenvalue weighted by Gasteiger charge is -2.32. The molecule has 0 spiro atoms. The van der Waals surface area contributed by atoms with Gasteiger partial charge < -0.3 is 20.7 Å². The lowest BCUT2D eigenvalue weighted by atomic mass is 10.1. The Kier molecular flexibility index (Phi) is 4.01. The molecule has 6 nitrogen and oxygen atoms in total. The molecule has 1 amide bonds. The highest BCUT2D eigenvalue weighted by molar-refractivity contribution is 6.01. The van der Waals surface area contributed by atoms with Crippen LogP contribution < -0.4 is 5.73 Å². The van der Waals surface area contributed by atoms with E-state index in [0.717, 1.165) is 26.2 Å². The van der Waals surface area contributed by atoms with Crippen LogP contribution in [-0.2, 0) is 0 Å². The molecule has 2 rings (SSSR count). The number of carbonyl (C=O) groups excluding carboxylic acids is 1. The first-order valence-corrected chi connectivity index (χ1v) is 6.17. The van der Waals surface area contributed by atoms with Gasteiger partial charge in [-0.3, -0.25) is 4.79 Å². The molecule has 1 aromatic rings. The maximum atomic E-state index is 12.3. The minimum atomic E-state index is -0.0133. The third kappa shape index (κ3) is 3.03. The van der Waals surface area contributed by atoms with Crippen LogP contribution in [0.3, 0.4) is 0 Å². The lowest BCUT2D eigenvalue weighted by Crippen LogP contribution is -2.47. The summed E-state index contributed by atoms with van der Waals surface area (Å²) in [5.41, 5.74) is 6.64. The fraction of sp³-hybridized carbons (Fsp3) is 0.385. The maximum Gasteiger partial charge on any atom is 0.253 e. The zero-order chi connectivity index (χ0) is 13.8. The fourth-order valence-corrected chi connectivity index (χ4v) is 2.06. The molecule has 1 aromatic carbocycles. The smallest absolute Gasteiger partial charge is 0.253 e. The van der Waals surface area contributed by atoms with E-state index in [1.54, 1.807) is 24.3 Å². The molecule has 1 aliphatic rings. The Morgan fingerprint density at radius 2 is 1.89 bits per heavy atom. The number of nitrogens with zero attached hydrogens (tertiary/aromatic N) is 3. The average molecular weight is 262 g/mol. The quantitative estimate of drug-likeness (QED) is 0.344. The van der Waals surface area contributed by atoms with Crippen molar-refractivity contribution in [1.29, 1.82) is 0 Å². The molecule has 0 radical (unpaired) electrons. The van der Waals surface area contributed by atoms with E-state index in [-0.39, 0.29) is 11.7 Å². The molecule has 3 N–H and O–H groups in total. The van der Waals surface area contributed by atoms with E-state index < -0.39 is 0 Å². The van der Waals surface area contributed by atoms with Crippen LogP contribution in [0.5, 0.6) is 0 Å². The van der Waals surface area contributed by atoms with Crippen molar-refractivity contribution in [2.75, 3.05) is 33.2 Å². The second-order valence-electron chi connectivity index (χ2n) is 4.66. The topological polar surface area (TPSA) is 82.2 Å². The molecule has 0 aliphatic carbocycles. The van der Waals surface area contributed by atoms with Crippen molar-refractivity contribution in [3.63, 3.8) is 0 Å². The summed E-state index contributed by atoms with van der Waals surface area (Å²) in [5.74, 6) is -0.00582. The maximum absolute atomic E-state index is 12.3. The number of hydrogen-bond acceptors (Lipinski definition) is 4. The summed E-state index contributed by atoms with van der Waals surface area (Å²) in [6.45, 7) is 3.21.